The van der Waals surface area contributed by atoms with Gasteiger partial charge in [0.2, 0.25) is 0 Å². The minimum Gasteiger partial charge on any atom is -0.493 e. The molecule has 0 saturated heterocycles. The van der Waals surface area contributed by atoms with E-state index in [0.29, 0.717) is 29.0 Å². The lowest BCUT2D eigenvalue weighted by Gasteiger charge is -2.13. The Hall–Kier alpha value is -1.76. The molecule has 0 unspecified atom stereocenters. The van der Waals surface area contributed by atoms with E-state index in [1.165, 1.54) is 0 Å². The van der Waals surface area contributed by atoms with Crippen molar-refractivity contribution in [1.29, 1.82) is 0 Å². The zero-order valence-corrected chi connectivity index (χ0v) is 18.0. The highest BCUT2D eigenvalue weighted by Crippen LogP contribution is 2.30. The molecule has 6 nitrogen and oxygen atoms in total. The van der Waals surface area contributed by atoms with E-state index in [-0.39, 0.29) is 30.5 Å². The fourth-order valence-corrected chi connectivity index (χ4v) is 2.82. The van der Waals surface area contributed by atoms with Crippen LogP contribution in [0.15, 0.2) is 28.6 Å². The van der Waals surface area contributed by atoms with Gasteiger partial charge in [0.05, 0.1) is 20.8 Å². The second-order valence-electron chi connectivity index (χ2n) is 5.09. The molecule has 1 heterocycles. The average Bonchev–Trinajstić information content (AvgIpc) is 3.11. The predicted molar refractivity (Wildman–Crippen MR) is 109 cm³/mol. The summed E-state index contributed by atoms with van der Waals surface area (Å²) < 4.78 is 48.1. The summed E-state index contributed by atoms with van der Waals surface area (Å²) in [6.45, 7) is 0.595. The molecule has 0 fully saturated rings. The topological polar surface area (TPSA) is 67.8 Å². The monoisotopic (exact) mass is 516 g/mol. The molecule has 2 aromatic rings. The number of hydrogen-bond donors (Lipinski definition) is 2. The summed E-state index contributed by atoms with van der Waals surface area (Å²) in [7, 11) is 4.69. The SMILES string of the molecule is CN=C(NCc1ccc(OC)c(OC)c1)NCc1nc(C(F)(F)F)cs1.I. The first-order valence-corrected chi connectivity index (χ1v) is 8.42. The first kappa shape index (κ1) is 23.3. The summed E-state index contributed by atoms with van der Waals surface area (Å²) in [5.41, 5.74) is 0.0479. The summed E-state index contributed by atoms with van der Waals surface area (Å²) in [5.74, 6) is 1.68. The maximum absolute atomic E-state index is 12.6. The van der Waals surface area contributed by atoms with Gasteiger partial charge in [-0.15, -0.1) is 35.3 Å². The maximum Gasteiger partial charge on any atom is 0.434 e. The van der Waals surface area contributed by atoms with Gasteiger partial charge >= 0.3 is 6.18 Å². The van der Waals surface area contributed by atoms with Crippen molar-refractivity contribution < 1.29 is 22.6 Å². The third-order valence-corrected chi connectivity index (χ3v) is 4.23. The molecule has 11 heteroatoms. The largest absolute Gasteiger partial charge is 0.493 e. The molecule has 2 rings (SSSR count). The highest BCUT2D eigenvalue weighted by molar-refractivity contribution is 14.0. The molecular weight excluding hydrogens is 496 g/mol. The van der Waals surface area contributed by atoms with Gasteiger partial charge in [0.1, 0.15) is 5.01 Å². The van der Waals surface area contributed by atoms with Crippen LogP contribution in [-0.4, -0.2) is 32.2 Å². The van der Waals surface area contributed by atoms with Crippen LogP contribution in [-0.2, 0) is 19.3 Å². The summed E-state index contributed by atoms with van der Waals surface area (Å²) in [6.07, 6.45) is -4.43. The first-order valence-electron chi connectivity index (χ1n) is 7.54. The van der Waals surface area contributed by atoms with E-state index in [1.807, 2.05) is 12.1 Å². The number of nitrogens with one attached hydrogen (secondary N) is 2. The molecule has 0 bridgehead atoms. The average molecular weight is 516 g/mol. The number of rotatable bonds is 6. The van der Waals surface area contributed by atoms with Gasteiger partial charge in [-0.05, 0) is 17.7 Å². The second kappa shape index (κ2) is 10.5. The number of thiazole rings is 1. The van der Waals surface area contributed by atoms with Crippen LogP contribution in [0.3, 0.4) is 0 Å². The van der Waals surface area contributed by atoms with E-state index in [9.17, 15) is 13.2 Å². The molecule has 2 N–H and O–H groups in total. The number of hydrogen-bond acceptors (Lipinski definition) is 5. The molecule has 27 heavy (non-hydrogen) atoms. The van der Waals surface area contributed by atoms with Crippen LogP contribution >= 0.6 is 35.3 Å². The highest BCUT2D eigenvalue weighted by Gasteiger charge is 2.33. The lowest BCUT2D eigenvalue weighted by Crippen LogP contribution is -2.36. The van der Waals surface area contributed by atoms with Crippen molar-refractivity contribution in [2.75, 3.05) is 21.3 Å². The van der Waals surface area contributed by atoms with Crippen LogP contribution in [0.1, 0.15) is 16.3 Å². The molecule has 0 aliphatic heterocycles. The van der Waals surface area contributed by atoms with Gasteiger partial charge in [0.25, 0.3) is 0 Å². The number of aromatic nitrogens is 1. The summed E-state index contributed by atoms with van der Waals surface area (Å²) >= 11 is 0.946. The molecule has 0 radical (unpaired) electrons. The van der Waals surface area contributed by atoms with Crippen molar-refractivity contribution in [2.24, 2.45) is 4.99 Å². The van der Waals surface area contributed by atoms with Gasteiger partial charge in [-0.25, -0.2) is 4.98 Å². The van der Waals surface area contributed by atoms with E-state index in [0.717, 1.165) is 22.3 Å². The smallest absolute Gasteiger partial charge is 0.434 e. The Morgan fingerprint density at radius 3 is 2.37 bits per heavy atom. The molecule has 0 aliphatic rings. The van der Waals surface area contributed by atoms with Crippen molar-refractivity contribution in [1.82, 2.24) is 15.6 Å². The van der Waals surface area contributed by atoms with Crippen LogP contribution in [0.2, 0.25) is 0 Å². The van der Waals surface area contributed by atoms with Crippen molar-refractivity contribution in [3.63, 3.8) is 0 Å². The number of benzene rings is 1. The fraction of sp³-hybridized carbons (Fsp3) is 0.375. The normalized spacial score (nSPS) is 11.6. The van der Waals surface area contributed by atoms with E-state index < -0.39 is 11.9 Å². The van der Waals surface area contributed by atoms with Crippen LogP contribution in [0.4, 0.5) is 13.2 Å². The van der Waals surface area contributed by atoms with E-state index in [2.05, 4.69) is 20.6 Å². The summed E-state index contributed by atoms with van der Waals surface area (Å²) in [6, 6.07) is 5.49. The van der Waals surface area contributed by atoms with Crippen molar-refractivity contribution in [3.8, 4) is 11.5 Å². The quantitative estimate of drug-likeness (QED) is 0.349. The van der Waals surface area contributed by atoms with E-state index in [4.69, 9.17) is 9.47 Å². The van der Waals surface area contributed by atoms with Crippen LogP contribution in [0.5, 0.6) is 11.5 Å². The molecule has 0 atom stereocenters. The maximum atomic E-state index is 12.6. The Labute approximate surface area is 176 Å². The zero-order chi connectivity index (χ0) is 19.2. The van der Waals surface area contributed by atoms with E-state index >= 15 is 0 Å². The fourth-order valence-electron chi connectivity index (χ4n) is 2.08. The van der Waals surface area contributed by atoms with Crippen LogP contribution < -0.4 is 20.1 Å². The highest BCUT2D eigenvalue weighted by atomic mass is 127. The Kier molecular flexibility index (Phi) is 9.09. The summed E-state index contributed by atoms with van der Waals surface area (Å²) in [4.78, 5) is 7.61. The van der Waals surface area contributed by atoms with Gasteiger partial charge < -0.3 is 20.1 Å². The van der Waals surface area contributed by atoms with Crippen LogP contribution in [0, 0.1) is 0 Å². The number of aliphatic imine (C=N–C) groups is 1. The number of methoxy groups -OCH3 is 2. The first-order chi connectivity index (χ1) is 12.4. The Bertz CT molecular complexity index is 768. The second-order valence-corrected chi connectivity index (χ2v) is 6.04. The molecule has 150 valence electrons. The molecule has 1 aromatic carbocycles. The number of halogens is 4. The van der Waals surface area contributed by atoms with Gasteiger partial charge in [0.15, 0.2) is 23.2 Å². The molecule has 0 aliphatic carbocycles. The lowest BCUT2D eigenvalue weighted by atomic mass is 10.2. The molecule has 0 saturated carbocycles. The minimum atomic E-state index is -4.43. The lowest BCUT2D eigenvalue weighted by molar-refractivity contribution is -0.140. The third kappa shape index (κ3) is 6.72. The van der Waals surface area contributed by atoms with Crippen LogP contribution in [0.25, 0.3) is 0 Å². The van der Waals surface area contributed by atoms with Crippen molar-refractivity contribution in [3.05, 3.63) is 39.8 Å². The Balaban J connectivity index is 0.00000364. The van der Waals surface area contributed by atoms with Crippen molar-refractivity contribution in [2.45, 2.75) is 19.3 Å². The number of alkyl halides is 3. The Morgan fingerprint density at radius 1 is 1.15 bits per heavy atom. The predicted octanol–water partition coefficient (Wildman–Crippen LogP) is 3.66. The number of nitrogens with zero attached hydrogens (tertiary/aromatic N) is 2. The van der Waals surface area contributed by atoms with Gasteiger partial charge in [-0.3, -0.25) is 4.99 Å². The minimum absolute atomic E-state index is 0. The van der Waals surface area contributed by atoms with Gasteiger partial charge in [0, 0.05) is 19.0 Å². The van der Waals surface area contributed by atoms with E-state index in [1.54, 1.807) is 27.3 Å². The zero-order valence-electron chi connectivity index (χ0n) is 14.9. The number of guanidine groups is 1. The number of ether oxygens (including phenoxy) is 2. The summed E-state index contributed by atoms with van der Waals surface area (Å²) in [5, 5.41) is 7.34. The molecular formula is C16H20F3IN4O2S. The Morgan fingerprint density at radius 2 is 1.81 bits per heavy atom. The molecule has 1 aromatic heterocycles. The molecule has 0 spiro atoms. The third-order valence-electron chi connectivity index (χ3n) is 3.38. The molecule has 0 amide bonds. The van der Waals surface area contributed by atoms with Gasteiger partial charge in [-0.1, -0.05) is 6.07 Å². The standard InChI is InChI=1S/C16H19F3N4O2S.HI/c1-20-15(22-8-14-23-13(9-26-14)16(17,18)19)21-7-10-4-5-11(24-2)12(6-10)25-3;/h4-6,9H,7-8H2,1-3H3,(H2,20,21,22);1H. The van der Waals surface area contributed by atoms with Crippen molar-refractivity contribution >= 4 is 41.3 Å². The van der Waals surface area contributed by atoms with Gasteiger partial charge in [-0.2, -0.15) is 13.2 Å².